The van der Waals surface area contributed by atoms with Gasteiger partial charge in [-0.25, -0.2) is 4.79 Å². The van der Waals surface area contributed by atoms with E-state index in [0.717, 1.165) is 37.1 Å². The first-order valence-electron chi connectivity index (χ1n) is 19.4. The molecule has 3 fully saturated rings. The van der Waals surface area contributed by atoms with Gasteiger partial charge in [0.25, 0.3) is 0 Å². The lowest BCUT2D eigenvalue weighted by atomic mass is 9.51. The van der Waals surface area contributed by atoms with E-state index in [2.05, 4.69) is 24.8 Å². The van der Waals surface area contributed by atoms with Crippen LogP contribution in [0.2, 0.25) is 0 Å². The summed E-state index contributed by atoms with van der Waals surface area (Å²) in [5.74, 6) is -2.53. The van der Waals surface area contributed by atoms with E-state index in [1.165, 1.54) is 5.57 Å². The number of benzene rings is 1. The first kappa shape index (κ1) is 39.7. The smallest absolute Gasteiger partial charge is 0.333 e. The maximum absolute atomic E-state index is 14.9. The number of hydrogen-bond acceptors (Lipinski definition) is 10. The quantitative estimate of drug-likeness (QED) is 0.123. The Balaban J connectivity index is 1.39. The summed E-state index contributed by atoms with van der Waals surface area (Å²) in [6.45, 7) is 19.2. The molecule has 1 aromatic carbocycles. The number of carbonyl (C=O) groups excluding carboxylic acids is 3. The number of fused-ring (bicyclic) bond motifs is 1. The van der Waals surface area contributed by atoms with Crippen LogP contribution in [0.3, 0.4) is 0 Å². The van der Waals surface area contributed by atoms with Gasteiger partial charge in [-0.05, 0) is 87.5 Å². The lowest BCUT2D eigenvalue weighted by molar-refractivity contribution is -0.171. The van der Waals surface area contributed by atoms with Gasteiger partial charge >= 0.3 is 5.97 Å². The van der Waals surface area contributed by atoms with Crippen molar-refractivity contribution < 1.29 is 43.5 Å². The minimum atomic E-state index is -1.64. The summed E-state index contributed by atoms with van der Waals surface area (Å²) in [6.07, 6.45) is 12.0. The van der Waals surface area contributed by atoms with E-state index in [9.17, 15) is 24.6 Å². The molecule has 2 N–H and O–H groups in total. The maximum atomic E-state index is 14.9. The minimum absolute atomic E-state index is 0.00431. The molecule has 4 bridgehead atoms. The number of morpholine rings is 1. The van der Waals surface area contributed by atoms with E-state index in [-0.39, 0.29) is 65.6 Å². The third-order valence-electron chi connectivity index (χ3n) is 11.9. The first-order valence-corrected chi connectivity index (χ1v) is 19.4. The molecule has 3 aliphatic carbocycles. The largest absolute Gasteiger partial charge is 0.507 e. The van der Waals surface area contributed by atoms with Gasteiger partial charge in [0, 0.05) is 60.2 Å². The van der Waals surface area contributed by atoms with Crippen LogP contribution in [-0.4, -0.2) is 88.9 Å². The number of ether oxygens (including phenoxy) is 4. The number of esters is 1. The monoisotopic (exact) mass is 743 g/mol. The zero-order valence-electron chi connectivity index (χ0n) is 33.2. The Morgan fingerprint density at radius 2 is 1.63 bits per heavy atom. The third kappa shape index (κ3) is 6.90. The van der Waals surface area contributed by atoms with Gasteiger partial charge < -0.3 is 29.2 Å². The molecule has 292 valence electrons. The van der Waals surface area contributed by atoms with E-state index in [4.69, 9.17) is 18.9 Å². The SMILES string of the molecule is CC(C)=CCC/C(C)=C/Cc1c(O)c(CC=C(C)C)c2c(c1O)C(=O)C1=C[C@H]3C[C@H]4C(C)(C)O[C@](C/C=C(/C)C(=O)OCCN5CCOCC5)(C3=O)[C@]14O2. The summed E-state index contributed by atoms with van der Waals surface area (Å²) in [4.78, 5) is 44.8. The summed E-state index contributed by atoms with van der Waals surface area (Å²) >= 11 is 0. The van der Waals surface area contributed by atoms with Crippen molar-refractivity contribution in [2.75, 3.05) is 39.5 Å². The summed E-state index contributed by atoms with van der Waals surface area (Å²) in [5, 5.41) is 23.8. The van der Waals surface area contributed by atoms with Crippen molar-refractivity contribution in [3.05, 3.63) is 74.9 Å². The van der Waals surface area contributed by atoms with Crippen LogP contribution in [0.15, 0.2) is 58.2 Å². The third-order valence-corrected chi connectivity index (χ3v) is 11.9. The minimum Gasteiger partial charge on any atom is -0.507 e. The van der Waals surface area contributed by atoms with E-state index in [1.54, 1.807) is 19.1 Å². The number of aromatic hydroxyl groups is 2. The molecule has 6 aliphatic rings. The molecule has 0 unspecified atom stereocenters. The van der Waals surface area contributed by atoms with Crippen LogP contribution < -0.4 is 4.74 Å². The van der Waals surface area contributed by atoms with Gasteiger partial charge in [0.2, 0.25) is 0 Å². The predicted molar refractivity (Wildman–Crippen MR) is 206 cm³/mol. The number of hydrogen-bond donors (Lipinski definition) is 2. The molecular weight excluding hydrogens is 686 g/mol. The van der Waals surface area contributed by atoms with E-state index in [1.807, 2.05) is 46.8 Å². The van der Waals surface area contributed by atoms with Crippen LogP contribution >= 0.6 is 0 Å². The highest BCUT2D eigenvalue weighted by molar-refractivity contribution is 6.18. The van der Waals surface area contributed by atoms with Gasteiger partial charge in [-0.1, -0.05) is 47.1 Å². The molecule has 3 aliphatic heterocycles. The molecule has 0 aromatic heterocycles. The van der Waals surface area contributed by atoms with E-state index < -0.39 is 40.4 Å². The molecule has 10 heteroatoms. The number of nitrogens with zero attached hydrogens (tertiary/aromatic N) is 1. The van der Waals surface area contributed by atoms with Crippen molar-refractivity contribution in [2.45, 2.75) is 111 Å². The van der Waals surface area contributed by atoms with Crippen LogP contribution in [0.5, 0.6) is 17.2 Å². The highest BCUT2D eigenvalue weighted by Crippen LogP contribution is 2.68. The Bertz CT molecular complexity index is 1870. The number of rotatable bonds is 13. The number of phenols is 2. The lowest BCUT2D eigenvalue weighted by Gasteiger charge is -2.56. The van der Waals surface area contributed by atoms with Crippen molar-refractivity contribution in [3.63, 3.8) is 0 Å². The molecular formula is C44H57NO9. The molecule has 4 atom stereocenters. The summed E-state index contributed by atoms with van der Waals surface area (Å²) in [5.41, 5.74) is 0.508. The second-order valence-electron chi connectivity index (χ2n) is 16.6. The molecule has 0 amide bonds. The second-order valence-corrected chi connectivity index (χ2v) is 16.6. The topological polar surface area (TPSA) is 132 Å². The van der Waals surface area contributed by atoms with Gasteiger partial charge in [0.1, 0.15) is 29.4 Å². The Morgan fingerprint density at radius 1 is 0.944 bits per heavy atom. The predicted octanol–water partition coefficient (Wildman–Crippen LogP) is 7.06. The van der Waals surface area contributed by atoms with Gasteiger partial charge in [-0.3, -0.25) is 14.5 Å². The molecule has 1 saturated carbocycles. The van der Waals surface area contributed by atoms with Crippen LogP contribution in [0.25, 0.3) is 0 Å². The van der Waals surface area contributed by atoms with Crippen molar-refractivity contribution in [3.8, 4) is 17.2 Å². The van der Waals surface area contributed by atoms with Crippen LogP contribution in [0.1, 0.15) is 103 Å². The average Bonchev–Trinajstić information content (AvgIpc) is 3.27. The van der Waals surface area contributed by atoms with Gasteiger partial charge in [0.15, 0.2) is 22.8 Å². The van der Waals surface area contributed by atoms with Crippen molar-refractivity contribution >= 4 is 17.5 Å². The molecule has 1 aromatic rings. The number of carbonyl (C=O) groups is 3. The molecule has 0 radical (unpaired) electrons. The van der Waals surface area contributed by atoms with Crippen LogP contribution in [0.4, 0.5) is 0 Å². The molecule has 54 heavy (non-hydrogen) atoms. The first-order chi connectivity index (χ1) is 25.5. The standard InChI is InChI=1S/C44H57NO9/c1-26(2)10-9-11-28(5)13-15-31-36(46)32(14-12-27(3)4)39-35(37(31)47)38(48)33-24-30-25-34-42(7,8)54-43(40(30)49,44(33,34)53-39)17-16-29(6)41(50)52-23-20-45-18-21-51-22-19-45/h10,12-13,16,24,30,34,46-47H,9,11,14-15,17-23,25H2,1-8H3/b28-13+,29-16-/t30-,34-,43+,44-/m0/s1. The van der Waals surface area contributed by atoms with Crippen LogP contribution in [0, 0.1) is 11.8 Å². The van der Waals surface area contributed by atoms with Gasteiger partial charge in [-0.2, -0.15) is 0 Å². The molecule has 2 saturated heterocycles. The van der Waals surface area contributed by atoms with E-state index in [0.29, 0.717) is 37.3 Å². The molecule has 10 nitrogen and oxygen atoms in total. The summed E-state index contributed by atoms with van der Waals surface area (Å²) < 4.78 is 24.9. The highest BCUT2D eigenvalue weighted by Gasteiger charge is 2.81. The Hall–Kier alpha value is -3.99. The lowest BCUT2D eigenvalue weighted by Crippen LogP contribution is -2.72. The van der Waals surface area contributed by atoms with Crippen molar-refractivity contribution in [2.24, 2.45) is 11.8 Å². The molecule has 7 rings (SSSR count). The highest BCUT2D eigenvalue weighted by atomic mass is 16.6. The van der Waals surface area contributed by atoms with Crippen LogP contribution in [-0.2, 0) is 36.6 Å². The number of ketones is 2. The van der Waals surface area contributed by atoms with E-state index >= 15 is 0 Å². The maximum Gasteiger partial charge on any atom is 0.333 e. The van der Waals surface area contributed by atoms with Crippen molar-refractivity contribution in [1.29, 1.82) is 0 Å². The molecule has 3 heterocycles. The number of Topliss-reactive ketones (excluding diaryl/α,β-unsaturated/α-hetero) is 2. The summed E-state index contributed by atoms with van der Waals surface area (Å²) in [6, 6.07) is 0. The average molecular weight is 744 g/mol. The fraction of sp³-hybridized carbons (Fsp3) is 0.568. The van der Waals surface area contributed by atoms with Crippen molar-refractivity contribution in [1.82, 2.24) is 4.90 Å². The zero-order valence-corrected chi connectivity index (χ0v) is 33.2. The van der Waals surface area contributed by atoms with Gasteiger partial charge in [-0.15, -0.1) is 0 Å². The zero-order chi connectivity index (χ0) is 39.2. The Labute approximate surface area is 319 Å². The molecule has 1 spiro atoms. The Morgan fingerprint density at radius 3 is 2.31 bits per heavy atom. The number of phenolic OH excluding ortho intramolecular Hbond substituents is 2. The fourth-order valence-corrected chi connectivity index (χ4v) is 9.00. The summed E-state index contributed by atoms with van der Waals surface area (Å²) in [7, 11) is 0. The second kappa shape index (κ2) is 15.3. The van der Waals surface area contributed by atoms with Gasteiger partial charge in [0.05, 0.1) is 18.8 Å². The normalized spacial score (nSPS) is 27.1. The number of allylic oxidation sites excluding steroid dienone is 7. The Kier molecular flexibility index (Phi) is 11.2. The fourth-order valence-electron chi connectivity index (χ4n) is 9.00.